The molecule has 1 aromatic carbocycles. The number of halogens is 1. The Balaban J connectivity index is 3.31. The van der Waals surface area contributed by atoms with Gasteiger partial charge in [-0.2, -0.15) is 0 Å². The minimum Gasteiger partial charge on any atom is -0.504 e. The summed E-state index contributed by atoms with van der Waals surface area (Å²) in [5, 5.41) is 18.1. The molecule has 0 amide bonds. The smallest absolute Gasteiger partial charge is 0.176 e. The van der Waals surface area contributed by atoms with Crippen LogP contribution in [-0.4, -0.2) is 10.2 Å². The van der Waals surface area contributed by atoms with Crippen molar-refractivity contribution in [2.45, 2.75) is 6.92 Å². The molecule has 2 nitrogen and oxygen atoms in total. The van der Waals surface area contributed by atoms with E-state index < -0.39 is 0 Å². The van der Waals surface area contributed by atoms with E-state index in [-0.39, 0.29) is 16.5 Å². The van der Waals surface area contributed by atoms with E-state index in [1.165, 1.54) is 6.07 Å². The van der Waals surface area contributed by atoms with Crippen molar-refractivity contribution < 1.29 is 10.2 Å². The number of phenolic OH excluding ortho intramolecular Hbond substituents is 2. The predicted octanol–water partition coefficient (Wildman–Crippen LogP) is 2.06. The Labute approximate surface area is 63.7 Å². The third-order valence-corrected chi connectivity index (χ3v) is 1.48. The topological polar surface area (TPSA) is 40.5 Å². The molecule has 0 spiro atoms. The second kappa shape index (κ2) is 2.39. The molecule has 0 atom stereocenters. The van der Waals surface area contributed by atoms with Crippen molar-refractivity contribution in [2.75, 3.05) is 0 Å². The first-order chi connectivity index (χ1) is 4.61. The lowest BCUT2D eigenvalue weighted by Crippen LogP contribution is -1.74. The van der Waals surface area contributed by atoms with Crippen molar-refractivity contribution in [3.8, 4) is 11.5 Å². The van der Waals surface area contributed by atoms with Gasteiger partial charge in [0.05, 0.1) is 5.02 Å². The number of hydrogen-bond acceptors (Lipinski definition) is 2. The van der Waals surface area contributed by atoms with Crippen molar-refractivity contribution in [2.24, 2.45) is 0 Å². The largest absolute Gasteiger partial charge is 0.504 e. The summed E-state index contributed by atoms with van der Waals surface area (Å²) in [5.74, 6) is -0.433. The van der Waals surface area contributed by atoms with Crippen molar-refractivity contribution in [1.82, 2.24) is 0 Å². The van der Waals surface area contributed by atoms with E-state index in [0.29, 0.717) is 0 Å². The normalized spacial score (nSPS) is 9.80. The Morgan fingerprint density at radius 2 is 1.90 bits per heavy atom. The fourth-order valence-corrected chi connectivity index (χ4v) is 0.985. The summed E-state index contributed by atoms with van der Waals surface area (Å²) >= 11 is 5.51. The van der Waals surface area contributed by atoms with Crippen LogP contribution in [0.3, 0.4) is 0 Å². The second-order valence-corrected chi connectivity index (χ2v) is 2.52. The van der Waals surface area contributed by atoms with Crippen LogP contribution in [0.1, 0.15) is 5.56 Å². The first-order valence-electron chi connectivity index (χ1n) is 2.79. The molecule has 0 aliphatic heterocycles. The Morgan fingerprint density at radius 1 is 1.30 bits per heavy atom. The standard InChI is InChI=1S/C7H7ClO2/c1-4-2-5(8)7(10)6(9)3-4/h2-3,9-10H,1H3. The highest BCUT2D eigenvalue weighted by atomic mass is 35.5. The van der Waals surface area contributed by atoms with Crippen molar-refractivity contribution in [3.05, 3.63) is 22.7 Å². The van der Waals surface area contributed by atoms with Crippen molar-refractivity contribution in [3.63, 3.8) is 0 Å². The number of aryl methyl sites for hydroxylation is 1. The molecule has 0 bridgehead atoms. The van der Waals surface area contributed by atoms with Gasteiger partial charge in [-0.1, -0.05) is 11.6 Å². The van der Waals surface area contributed by atoms with Gasteiger partial charge in [0, 0.05) is 0 Å². The van der Waals surface area contributed by atoms with E-state index in [0.717, 1.165) is 5.56 Å². The molecule has 2 N–H and O–H groups in total. The predicted molar refractivity (Wildman–Crippen MR) is 39.5 cm³/mol. The molecular weight excluding hydrogens is 152 g/mol. The number of phenols is 2. The fourth-order valence-electron chi connectivity index (χ4n) is 0.716. The fraction of sp³-hybridized carbons (Fsp3) is 0.143. The van der Waals surface area contributed by atoms with Crippen molar-refractivity contribution >= 4 is 11.6 Å². The molecule has 0 radical (unpaired) electrons. The zero-order valence-corrected chi connectivity index (χ0v) is 6.18. The van der Waals surface area contributed by atoms with Gasteiger partial charge in [0.25, 0.3) is 0 Å². The van der Waals surface area contributed by atoms with Crippen LogP contribution in [0.15, 0.2) is 12.1 Å². The average Bonchev–Trinajstić information content (AvgIpc) is 1.82. The van der Waals surface area contributed by atoms with E-state index in [9.17, 15) is 0 Å². The molecule has 1 aromatic rings. The van der Waals surface area contributed by atoms with E-state index in [1.54, 1.807) is 13.0 Å². The monoisotopic (exact) mass is 158 g/mol. The van der Waals surface area contributed by atoms with E-state index in [2.05, 4.69) is 0 Å². The van der Waals surface area contributed by atoms with Crippen LogP contribution in [0.2, 0.25) is 5.02 Å². The van der Waals surface area contributed by atoms with Gasteiger partial charge in [0.1, 0.15) is 0 Å². The summed E-state index contributed by atoms with van der Waals surface area (Å²) in [6.07, 6.45) is 0. The maximum absolute atomic E-state index is 8.95. The Bertz CT molecular complexity index is 235. The number of aromatic hydroxyl groups is 2. The third-order valence-electron chi connectivity index (χ3n) is 1.19. The van der Waals surface area contributed by atoms with E-state index >= 15 is 0 Å². The van der Waals surface area contributed by atoms with E-state index in [1.807, 2.05) is 0 Å². The van der Waals surface area contributed by atoms with Crippen LogP contribution < -0.4 is 0 Å². The molecular formula is C7H7ClO2. The van der Waals surface area contributed by atoms with Gasteiger partial charge in [-0.25, -0.2) is 0 Å². The van der Waals surface area contributed by atoms with Gasteiger partial charge in [0.15, 0.2) is 11.5 Å². The Hall–Kier alpha value is -0.890. The van der Waals surface area contributed by atoms with Crippen LogP contribution in [0.25, 0.3) is 0 Å². The molecule has 0 aliphatic carbocycles. The number of hydrogen-bond donors (Lipinski definition) is 2. The van der Waals surface area contributed by atoms with Crippen LogP contribution >= 0.6 is 11.6 Å². The second-order valence-electron chi connectivity index (χ2n) is 2.11. The summed E-state index contributed by atoms with van der Waals surface area (Å²) in [7, 11) is 0. The SMILES string of the molecule is Cc1cc(O)c(O)c(Cl)c1. The number of rotatable bonds is 0. The maximum atomic E-state index is 8.95. The molecule has 54 valence electrons. The zero-order chi connectivity index (χ0) is 7.72. The van der Waals surface area contributed by atoms with Gasteiger partial charge in [0.2, 0.25) is 0 Å². The minimum atomic E-state index is -0.257. The van der Waals surface area contributed by atoms with Gasteiger partial charge >= 0.3 is 0 Å². The summed E-state index contributed by atoms with van der Waals surface area (Å²) in [5.41, 5.74) is 0.820. The first-order valence-corrected chi connectivity index (χ1v) is 3.17. The summed E-state index contributed by atoms with van der Waals surface area (Å²) < 4.78 is 0. The highest BCUT2D eigenvalue weighted by Crippen LogP contribution is 2.33. The molecule has 10 heavy (non-hydrogen) atoms. The third kappa shape index (κ3) is 1.16. The molecule has 3 heteroatoms. The molecule has 0 aliphatic rings. The minimum absolute atomic E-state index is 0.176. The van der Waals surface area contributed by atoms with Crippen LogP contribution in [0, 0.1) is 6.92 Å². The maximum Gasteiger partial charge on any atom is 0.176 e. The lowest BCUT2D eigenvalue weighted by molar-refractivity contribution is 0.403. The van der Waals surface area contributed by atoms with Crippen LogP contribution in [0.4, 0.5) is 0 Å². The molecule has 0 heterocycles. The quantitative estimate of drug-likeness (QED) is 0.568. The molecule has 0 saturated heterocycles. The summed E-state index contributed by atoms with van der Waals surface area (Å²) in [6.45, 7) is 1.78. The molecule has 1 rings (SSSR count). The zero-order valence-electron chi connectivity index (χ0n) is 5.43. The summed E-state index contributed by atoms with van der Waals surface area (Å²) in [6, 6.07) is 3.03. The van der Waals surface area contributed by atoms with Gasteiger partial charge in [-0.3, -0.25) is 0 Å². The average molecular weight is 159 g/mol. The first kappa shape index (κ1) is 7.22. The number of benzene rings is 1. The molecule has 0 fully saturated rings. The van der Waals surface area contributed by atoms with E-state index in [4.69, 9.17) is 21.8 Å². The molecule has 0 unspecified atom stereocenters. The van der Waals surface area contributed by atoms with Gasteiger partial charge in [-0.15, -0.1) is 0 Å². The van der Waals surface area contributed by atoms with Crippen LogP contribution in [0.5, 0.6) is 11.5 Å². The van der Waals surface area contributed by atoms with Crippen molar-refractivity contribution in [1.29, 1.82) is 0 Å². The lowest BCUT2D eigenvalue weighted by atomic mass is 10.2. The lowest BCUT2D eigenvalue weighted by Gasteiger charge is -2.00. The van der Waals surface area contributed by atoms with Crippen LogP contribution in [-0.2, 0) is 0 Å². The highest BCUT2D eigenvalue weighted by molar-refractivity contribution is 6.32. The van der Waals surface area contributed by atoms with Gasteiger partial charge in [-0.05, 0) is 24.6 Å². The highest BCUT2D eigenvalue weighted by Gasteiger charge is 2.03. The molecule has 0 saturated carbocycles. The Kier molecular flexibility index (Phi) is 1.72. The Morgan fingerprint density at radius 3 is 2.40 bits per heavy atom. The summed E-state index contributed by atoms with van der Waals surface area (Å²) in [4.78, 5) is 0. The van der Waals surface area contributed by atoms with Gasteiger partial charge < -0.3 is 10.2 Å². The molecule has 0 aromatic heterocycles.